The van der Waals surface area contributed by atoms with Crippen molar-refractivity contribution < 1.29 is 32.1 Å². The first-order valence-corrected chi connectivity index (χ1v) is 8.86. The van der Waals surface area contributed by atoms with Gasteiger partial charge >= 0.3 is 151 Å². The summed E-state index contributed by atoms with van der Waals surface area (Å²) >= 11 is 2.50. The van der Waals surface area contributed by atoms with E-state index in [9.17, 15) is 4.79 Å². The van der Waals surface area contributed by atoms with Gasteiger partial charge in [-0.05, 0) is 0 Å². The van der Waals surface area contributed by atoms with E-state index in [-0.39, 0.29) is 12.0 Å². The molecule has 125 valence electrons. The van der Waals surface area contributed by atoms with Crippen LogP contribution in [0.25, 0.3) is 0 Å². The average Bonchev–Trinajstić information content (AvgIpc) is 2.66. The zero-order valence-electron chi connectivity index (χ0n) is 13.6. The molecule has 1 heterocycles. The topological polar surface area (TPSA) is 38.8 Å². The van der Waals surface area contributed by atoms with Crippen LogP contribution >= 0.6 is 0 Å². The van der Waals surface area contributed by atoms with E-state index in [1.807, 2.05) is 27.7 Å². The number of methoxy groups -OCH3 is 1. The number of hydrogen-bond acceptors (Lipinski definition) is 3. The van der Waals surface area contributed by atoms with Gasteiger partial charge in [0.25, 0.3) is 0 Å². The molecular weight excluding hydrogens is 391 g/mol. The third-order valence-corrected chi connectivity index (χ3v) is 4.67. The number of hydrogen-bond donors (Lipinski definition) is 0. The van der Waals surface area contributed by atoms with E-state index in [4.69, 9.17) is 9.47 Å². The van der Waals surface area contributed by atoms with Crippen molar-refractivity contribution in [1.29, 1.82) is 0 Å². The van der Waals surface area contributed by atoms with E-state index < -0.39 is 0 Å². The molecule has 0 aromatic heterocycles. The summed E-state index contributed by atoms with van der Waals surface area (Å²) < 4.78 is 13.2. The molecule has 24 heavy (non-hydrogen) atoms. The number of carbonyl (C=O) groups excluding carboxylic acids is 1. The van der Waals surface area contributed by atoms with Crippen LogP contribution in [0.2, 0.25) is 0 Å². The van der Waals surface area contributed by atoms with Crippen molar-refractivity contribution in [2.24, 2.45) is 0 Å². The van der Waals surface area contributed by atoms with E-state index in [1.165, 1.54) is 0 Å². The van der Waals surface area contributed by atoms with Crippen LogP contribution in [-0.4, -0.2) is 30.3 Å². The number of nitrogens with zero attached hydrogens (tertiary/aromatic N) is 1. The molecule has 3 rings (SSSR count). The summed E-state index contributed by atoms with van der Waals surface area (Å²) in [7, 11) is 1.61. The van der Waals surface area contributed by atoms with Gasteiger partial charge in [0.2, 0.25) is 0 Å². The summed E-state index contributed by atoms with van der Waals surface area (Å²) in [4.78, 5) is 14.9. The van der Waals surface area contributed by atoms with Gasteiger partial charge in [0.15, 0.2) is 0 Å². The number of anilines is 1. The second-order valence-electron chi connectivity index (χ2n) is 5.59. The molecule has 0 fully saturated rings. The summed E-state index contributed by atoms with van der Waals surface area (Å²) in [6.45, 7) is 2.62. The van der Waals surface area contributed by atoms with Gasteiger partial charge in [0.05, 0.1) is 0 Å². The molecular formula is C19H19NO3Ru+. The Bertz CT molecular complexity index is 758. The Balaban J connectivity index is 2.00. The summed E-state index contributed by atoms with van der Waals surface area (Å²) in [5, 5.41) is 0. The fraction of sp³-hybridized carbons (Fsp3) is 0.263. The SMILES string of the molecule is CCC1CN(C(=O)c2ccc(OC)cc2)c2cccc([CH]=[Ru+])c2O1. The third-order valence-electron chi connectivity index (χ3n) is 4.13. The zero-order chi connectivity index (χ0) is 17.1. The fourth-order valence-electron chi connectivity index (χ4n) is 2.76. The van der Waals surface area contributed by atoms with E-state index in [0.29, 0.717) is 12.1 Å². The monoisotopic (exact) mass is 411 g/mol. The van der Waals surface area contributed by atoms with Crippen LogP contribution in [0.3, 0.4) is 0 Å². The van der Waals surface area contributed by atoms with Crippen molar-refractivity contribution >= 4 is 16.2 Å². The Morgan fingerprint density at radius 1 is 1.33 bits per heavy atom. The molecule has 2 aromatic carbocycles. The van der Waals surface area contributed by atoms with Crippen LogP contribution < -0.4 is 14.4 Å². The molecule has 4 nitrogen and oxygen atoms in total. The molecule has 0 radical (unpaired) electrons. The second kappa shape index (κ2) is 7.27. The number of amides is 1. The molecule has 0 spiro atoms. The van der Waals surface area contributed by atoms with Crippen LogP contribution in [0.15, 0.2) is 42.5 Å². The van der Waals surface area contributed by atoms with E-state index in [0.717, 1.165) is 29.2 Å². The van der Waals surface area contributed by atoms with Crippen LogP contribution in [-0.2, 0) is 17.9 Å². The normalized spacial score (nSPS) is 16.1. The Kier molecular flexibility index (Phi) is 5.10. The maximum absolute atomic E-state index is 13.0. The average molecular weight is 410 g/mol. The molecule has 0 saturated heterocycles. The van der Waals surface area contributed by atoms with Gasteiger partial charge in [0.1, 0.15) is 0 Å². The zero-order valence-corrected chi connectivity index (χ0v) is 15.4. The summed E-state index contributed by atoms with van der Waals surface area (Å²) in [6, 6.07) is 13.1. The molecule has 0 aliphatic carbocycles. The Morgan fingerprint density at radius 2 is 2.08 bits per heavy atom. The first-order chi connectivity index (χ1) is 11.7. The minimum absolute atomic E-state index is 0.00704. The van der Waals surface area contributed by atoms with Gasteiger partial charge in [0, 0.05) is 0 Å². The van der Waals surface area contributed by atoms with Crippen molar-refractivity contribution in [3.63, 3.8) is 0 Å². The fourth-order valence-corrected chi connectivity index (χ4v) is 3.16. The maximum atomic E-state index is 13.0. The number of carbonyl (C=O) groups is 1. The Labute approximate surface area is 151 Å². The van der Waals surface area contributed by atoms with E-state index in [1.54, 1.807) is 31.4 Å². The van der Waals surface area contributed by atoms with Crippen molar-refractivity contribution in [2.45, 2.75) is 19.4 Å². The number of ether oxygens (including phenoxy) is 2. The molecule has 0 bridgehead atoms. The molecule has 5 heteroatoms. The molecule has 1 unspecified atom stereocenters. The van der Waals surface area contributed by atoms with Crippen LogP contribution in [0.5, 0.6) is 11.5 Å². The second-order valence-corrected chi connectivity index (χ2v) is 6.09. The van der Waals surface area contributed by atoms with Crippen LogP contribution in [0.4, 0.5) is 5.69 Å². The summed E-state index contributed by atoms with van der Waals surface area (Å²) in [6.07, 6.45) is 0.838. The van der Waals surface area contributed by atoms with Crippen molar-refractivity contribution in [2.75, 3.05) is 18.6 Å². The number of para-hydroxylation sites is 1. The van der Waals surface area contributed by atoms with Crippen molar-refractivity contribution in [3.8, 4) is 11.5 Å². The minimum atomic E-state index is -0.0252. The molecule has 2 aromatic rings. The number of fused-ring (bicyclic) bond motifs is 1. The van der Waals surface area contributed by atoms with Gasteiger partial charge in [-0.25, -0.2) is 0 Å². The quantitative estimate of drug-likeness (QED) is 0.727. The Morgan fingerprint density at radius 3 is 2.71 bits per heavy atom. The third kappa shape index (κ3) is 3.13. The predicted octanol–water partition coefficient (Wildman–Crippen LogP) is 3.21. The number of benzene rings is 2. The predicted molar refractivity (Wildman–Crippen MR) is 91.0 cm³/mol. The molecule has 0 N–H and O–H groups in total. The first kappa shape index (κ1) is 16.8. The van der Waals surface area contributed by atoms with Crippen LogP contribution in [0, 0.1) is 0 Å². The molecule has 1 amide bonds. The molecule has 1 aliphatic heterocycles. The molecule has 0 saturated carbocycles. The molecule has 1 atom stereocenters. The molecule has 1 aliphatic rings. The standard InChI is InChI=1S/C19H19NO3.Ru/c1-4-15-12-20(17-7-5-6-13(2)18(17)23-15)19(21)14-8-10-16(22-3)11-9-14;/h2,5-11,15H,4,12H2,1,3H3;/q;+1. The van der Waals surface area contributed by atoms with Gasteiger partial charge in [-0.1, -0.05) is 0 Å². The number of rotatable bonds is 4. The van der Waals surface area contributed by atoms with Gasteiger partial charge < -0.3 is 0 Å². The van der Waals surface area contributed by atoms with E-state index >= 15 is 0 Å². The van der Waals surface area contributed by atoms with Gasteiger partial charge in [-0.15, -0.1) is 0 Å². The van der Waals surface area contributed by atoms with Gasteiger partial charge in [-0.3, -0.25) is 0 Å². The summed E-state index contributed by atoms with van der Waals surface area (Å²) in [5.74, 6) is 1.49. The summed E-state index contributed by atoms with van der Waals surface area (Å²) in [5.41, 5.74) is 2.44. The van der Waals surface area contributed by atoms with Crippen LogP contribution in [0.1, 0.15) is 29.3 Å². The first-order valence-electron chi connectivity index (χ1n) is 7.85. The van der Waals surface area contributed by atoms with E-state index in [2.05, 4.69) is 24.8 Å². The Hall–Kier alpha value is -2.00. The van der Waals surface area contributed by atoms with Crippen molar-refractivity contribution in [3.05, 3.63) is 53.6 Å². The van der Waals surface area contributed by atoms with Crippen molar-refractivity contribution in [1.82, 2.24) is 0 Å². The van der Waals surface area contributed by atoms with Gasteiger partial charge in [-0.2, -0.15) is 0 Å².